The molecule has 4 heteroatoms. The zero-order chi connectivity index (χ0) is 13.4. The Morgan fingerprint density at radius 3 is 2.21 bits per heavy atom. The number of benzene rings is 2. The molecule has 0 bridgehead atoms. The molecular formula is C15H8F3N. The molecule has 0 saturated carbocycles. The average Bonchev–Trinajstić information content (AvgIpc) is 2.37. The van der Waals surface area contributed by atoms with Gasteiger partial charge in [-0.15, -0.1) is 0 Å². The van der Waals surface area contributed by atoms with Crippen molar-refractivity contribution in [3.63, 3.8) is 0 Å². The van der Waals surface area contributed by atoms with Crippen LogP contribution in [0, 0.1) is 17.5 Å². The van der Waals surface area contributed by atoms with E-state index in [0.29, 0.717) is 17.6 Å². The fraction of sp³-hybridized carbons (Fsp3) is 0. The van der Waals surface area contributed by atoms with E-state index in [1.165, 1.54) is 6.07 Å². The highest BCUT2D eigenvalue weighted by atomic mass is 19.1. The second kappa shape index (κ2) is 4.39. The molecule has 0 unspecified atom stereocenters. The van der Waals surface area contributed by atoms with Crippen LogP contribution in [-0.4, -0.2) is 4.98 Å². The van der Waals surface area contributed by atoms with E-state index in [4.69, 9.17) is 0 Å². The Balaban J connectivity index is 2.25. The average molecular weight is 259 g/mol. The van der Waals surface area contributed by atoms with Crippen LogP contribution in [0.25, 0.3) is 22.2 Å². The Labute approximate surface area is 107 Å². The summed E-state index contributed by atoms with van der Waals surface area (Å²) < 4.78 is 40.2. The van der Waals surface area contributed by atoms with Crippen LogP contribution in [0.4, 0.5) is 13.2 Å². The van der Waals surface area contributed by atoms with Crippen molar-refractivity contribution in [3.05, 3.63) is 66.0 Å². The van der Waals surface area contributed by atoms with Crippen LogP contribution < -0.4 is 0 Å². The summed E-state index contributed by atoms with van der Waals surface area (Å²) in [5.41, 5.74) is 0.462. The van der Waals surface area contributed by atoms with E-state index >= 15 is 0 Å². The summed E-state index contributed by atoms with van der Waals surface area (Å²) in [4.78, 5) is 4.19. The summed E-state index contributed by atoms with van der Waals surface area (Å²) in [7, 11) is 0. The lowest BCUT2D eigenvalue weighted by Crippen LogP contribution is -1.94. The lowest BCUT2D eigenvalue weighted by molar-refractivity contribution is 0.547. The van der Waals surface area contributed by atoms with Gasteiger partial charge in [-0.05, 0) is 12.1 Å². The molecule has 0 atom stereocenters. The van der Waals surface area contributed by atoms with Crippen molar-refractivity contribution in [2.75, 3.05) is 0 Å². The number of fused-ring (bicyclic) bond motifs is 1. The molecule has 0 aliphatic carbocycles. The van der Waals surface area contributed by atoms with E-state index in [9.17, 15) is 13.2 Å². The standard InChI is InChI=1S/C15H8F3N/c16-10-7-11(17)15(12(18)8-10)14-6-5-9-3-1-2-4-13(9)19-14/h1-8H. The number of hydrogen-bond donors (Lipinski definition) is 0. The Morgan fingerprint density at radius 2 is 1.47 bits per heavy atom. The molecule has 1 nitrogen and oxygen atoms in total. The van der Waals surface area contributed by atoms with E-state index in [1.54, 1.807) is 18.2 Å². The third-order valence-electron chi connectivity index (χ3n) is 2.86. The van der Waals surface area contributed by atoms with Gasteiger partial charge in [-0.1, -0.05) is 24.3 Å². The van der Waals surface area contributed by atoms with Gasteiger partial charge in [0.15, 0.2) is 0 Å². The van der Waals surface area contributed by atoms with Crippen LogP contribution in [0.5, 0.6) is 0 Å². The van der Waals surface area contributed by atoms with Crippen molar-refractivity contribution in [1.82, 2.24) is 4.98 Å². The molecule has 0 radical (unpaired) electrons. The van der Waals surface area contributed by atoms with Crippen LogP contribution in [0.2, 0.25) is 0 Å². The van der Waals surface area contributed by atoms with Crippen molar-refractivity contribution < 1.29 is 13.2 Å². The molecular weight excluding hydrogens is 251 g/mol. The molecule has 0 saturated heterocycles. The number of nitrogens with zero attached hydrogens (tertiary/aromatic N) is 1. The van der Waals surface area contributed by atoms with E-state index in [-0.39, 0.29) is 11.3 Å². The minimum Gasteiger partial charge on any atom is -0.248 e. The number of hydrogen-bond acceptors (Lipinski definition) is 1. The second-order valence-electron chi connectivity index (χ2n) is 4.13. The minimum absolute atomic E-state index is 0.147. The smallest absolute Gasteiger partial charge is 0.138 e. The highest BCUT2D eigenvalue weighted by Crippen LogP contribution is 2.27. The lowest BCUT2D eigenvalue weighted by Gasteiger charge is -2.06. The van der Waals surface area contributed by atoms with Crippen molar-refractivity contribution >= 4 is 10.9 Å². The summed E-state index contributed by atoms with van der Waals surface area (Å²) in [6.45, 7) is 0. The predicted octanol–water partition coefficient (Wildman–Crippen LogP) is 4.32. The molecule has 0 aliphatic heterocycles. The minimum atomic E-state index is -0.958. The summed E-state index contributed by atoms with van der Waals surface area (Å²) in [5.74, 6) is -2.86. The molecule has 0 N–H and O–H groups in total. The van der Waals surface area contributed by atoms with Crippen LogP contribution in [0.15, 0.2) is 48.5 Å². The molecule has 0 spiro atoms. The molecule has 0 aliphatic rings. The maximum absolute atomic E-state index is 13.7. The van der Waals surface area contributed by atoms with Crippen LogP contribution >= 0.6 is 0 Å². The molecule has 2 aromatic carbocycles. The van der Waals surface area contributed by atoms with Gasteiger partial charge in [-0.25, -0.2) is 18.2 Å². The van der Waals surface area contributed by atoms with E-state index < -0.39 is 17.5 Å². The molecule has 94 valence electrons. The number of aromatic nitrogens is 1. The lowest BCUT2D eigenvalue weighted by atomic mass is 10.1. The van der Waals surface area contributed by atoms with Crippen molar-refractivity contribution in [2.45, 2.75) is 0 Å². The van der Waals surface area contributed by atoms with Gasteiger partial charge in [0.1, 0.15) is 17.5 Å². The zero-order valence-electron chi connectivity index (χ0n) is 9.70. The van der Waals surface area contributed by atoms with Crippen molar-refractivity contribution in [2.24, 2.45) is 0 Å². The maximum Gasteiger partial charge on any atom is 0.138 e. The summed E-state index contributed by atoms with van der Waals surface area (Å²) in [5, 5.41) is 0.870. The van der Waals surface area contributed by atoms with Gasteiger partial charge in [0.25, 0.3) is 0 Å². The van der Waals surface area contributed by atoms with E-state index in [0.717, 1.165) is 5.39 Å². The molecule has 0 fully saturated rings. The van der Waals surface area contributed by atoms with Gasteiger partial charge in [0.05, 0.1) is 16.8 Å². The van der Waals surface area contributed by atoms with Crippen LogP contribution in [0.3, 0.4) is 0 Å². The van der Waals surface area contributed by atoms with Gasteiger partial charge in [-0.3, -0.25) is 0 Å². The Morgan fingerprint density at radius 1 is 0.789 bits per heavy atom. The van der Waals surface area contributed by atoms with Gasteiger partial charge in [0.2, 0.25) is 0 Å². The van der Waals surface area contributed by atoms with Gasteiger partial charge < -0.3 is 0 Å². The fourth-order valence-electron chi connectivity index (χ4n) is 1.99. The topological polar surface area (TPSA) is 12.9 Å². The third kappa shape index (κ3) is 2.05. The number of halogens is 3. The monoisotopic (exact) mass is 259 g/mol. The first-order valence-electron chi connectivity index (χ1n) is 5.66. The summed E-state index contributed by atoms with van der Waals surface area (Å²) >= 11 is 0. The summed E-state index contributed by atoms with van der Waals surface area (Å²) in [6, 6.07) is 11.8. The van der Waals surface area contributed by atoms with Gasteiger partial charge in [0, 0.05) is 17.5 Å². The molecule has 3 aromatic rings. The van der Waals surface area contributed by atoms with E-state index in [1.807, 2.05) is 12.1 Å². The highest BCUT2D eigenvalue weighted by Gasteiger charge is 2.14. The first-order chi connectivity index (χ1) is 9.15. The van der Waals surface area contributed by atoms with Crippen LogP contribution in [0.1, 0.15) is 0 Å². The normalized spacial score (nSPS) is 10.9. The first kappa shape index (κ1) is 11.7. The number of pyridine rings is 1. The number of para-hydroxylation sites is 1. The largest absolute Gasteiger partial charge is 0.248 e. The molecule has 0 amide bonds. The Hall–Kier alpha value is -2.36. The van der Waals surface area contributed by atoms with Crippen molar-refractivity contribution in [3.8, 4) is 11.3 Å². The SMILES string of the molecule is Fc1cc(F)c(-c2ccc3ccccc3n2)c(F)c1. The zero-order valence-corrected chi connectivity index (χ0v) is 9.70. The Bertz CT molecular complexity index is 745. The van der Waals surface area contributed by atoms with Crippen LogP contribution in [-0.2, 0) is 0 Å². The predicted molar refractivity (Wildman–Crippen MR) is 67.1 cm³/mol. The molecule has 19 heavy (non-hydrogen) atoms. The first-order valence-corrected chi connectivity index (χ1v) is 5.66. The third-order valence-corrected chi connectivity index (χ3v) is 2.86. The number of rotatable bonds is 1. The fourth-order valence-corrected chi connectivity index (χ4v) is 1.99. The van der Waals surface area contributed by atoms with E-state index in [2.05, 4.69) is 4.98 Å². The summed E-state index contributed by atoms with van der Waals surface area (Å²) in [6.07, 6.45) is 0. The molecule has 3 rings (SSSR count). The molecule has 1 aromatic heterocycles. The van der Waals surface area contributed by atoms with Gasteiger partial charge >= 0.3 is 0 Å². The molecule has 1 heterocycles. The Kier molecular flexibility index (Phi) is 2.71. The quantitative estimate of drug-likeness (QED) is 0.634. The van der Waals surface area contributed by atoms with Gasteiger partial charge in [-0.2, -0.15) is 0 Å². The second-order valence-corrected chi connectivity index (χ2v) is 4.13. The van der Waals surface area contributed by atoms with Crippen molar-refractivity contribution in [1.29, 1.82) is 0 Å². The maximum atomic E-state index is 13.7. The highest BCUT2D eigenvalue weighted by molar-refractivity contribution is 5.81.